The summed E-state index contributed by atoms with van der Waals surface area (Å²) < 4.78 is 14.0. The number of allylic oxidation sites excluding steroid dienone is 5. The summed E-state index contributed by atoms with van der Waals surface area (Å²) in [4.78, 5) is 15.3. The van der Waals surface area contributed by atoms with E-state index < -0.39 is 0 Å². The van der Waals surface area contributed by atoms with Crippen molar-refractivity contribution in [2.24, 2.45) is 0 Å². The number of nitrogens with zero attached hydrogens (tertiary/aromatic N) is 3. The van der Waals surface area contributed by atoms with E-state index in [2.05, 4.69) is 46.2 Å². The third kappa shape index (κ3) is 7.09. The van der Waals surface area contributed by atoms with Gasteiger partial charge in [-0.25, -0.2) is 14.4 Å². The molecule has 39 heavy (non-hydrogen) atoms. The van der Waals surface area contributed by atoms with Gasteiger partial charge in [0.2, 0.25) is 0 Å². The van der Waals surface area contributed by atoms with Crippen LogP contribution in [-0.4, -0.2) is 39.5 Å². The summed E-state index contributed by atoms with van der Waals surface area (Å²) in [5.41, 5.74) is 13.6. The number of halogens is 1. The fourth-order valence-electron chi connectivity index (χ4n) is 5.03. The van der Waals surface area contributed by atoms with Gasteiger partial charge in [-0.2, -0.15) is 0 Å². The van der Waals surface area contributed by atoms with Crippen molar-refractivity contribution in [3.63, 3.8) is 0 Å². The van der Waals surface area contributed by atoms with E-state index in [0.29, 0.717) is 12.2 Å². The van der Waals surface area contributed by atoms with Crippen molar-refractivity contribution in [1.82, 2.24) is 19.9 Å². The van der Waals surface area contributed by atoms with Crippen molar-refractivity contribution >= 4 is 17.0 Å². The van der Waals surface area contributed by atoms with E-state index in [1.807, 2.05) is 38.3 Å². The van der Waals surface area contributed by atoms with Crippen LogP contribution in [0.2, 0.25) is 0 Å². The highest BCUT2D eigenvalue weighted by atomic mass is 19.1. The zero-order chi connectivity index (χ0) is 27.8. The van der Waals surface area contributed by atoms with Crippen molar-refractivity contribution in [3.05, 3.63) is 125 Å². The second-order valence-corrected chi connectivity index (χ2v) is 9.93. The first-order valence-corrected chi connectivity index (χ1v) is 13.5. The zero-order valence-electron chi connectivity index (χ0n) is 23.0. The van der Waals surface area contributed by atoms with E-state index in [9.17, 15) is 4.39 Å². The van der Waals surface area contributed by atoms with Gasteiger partial charge in [0.05, 0.1) is 5.69 Å². The molecule has 0 saturated carbocycles. The van der Waals surface area contributed by atoms with Gasteiger partial charge in [0.15, 0.2) is 0 Å². The van der Waals surface area contributed by atoms with Gasteiger partial charge in [-0.1, -0.05) is 62.1 Å². The molecule has 0 unspecified atom stereocenters. The van der Waals surface area contributed by atoms with Gasteiger partial charge in [0, 0.05) is 41.6 Å². The highest BCUT2D eigenvalue weighted by molar-refractivity contribution is 5.80. The molecule has 3 heterocycles. The molecule has 0 bridgehead atoms. The largest absolute Gasteiger partial charge is 0.383 e. The highest BCUT2D eigenvalue weighted by Crippen LogP contribution is 2.28. The van der Waals surface area contributed by atoms with E-state index in [0.717, 1.165) is 64.7 Å². The number of rotatable bonds is 10. The highest BCUT2D eigenvalue weighted by Gasteiger charge is 2.16. The van der Waals surface area contributed by atoms with Crippen molar-refractivity contribution in [1.29, 1.82) is 0 Å². The number of hydrogen-bond donors (Lipinski definition) is 2. The predicted octanol–water partition coefficient (Wildman–Crippen LogP) is 7.04. The Kier molecular flexibility index (Phi) is 9.45. The van der Waals surface area contributed by atoms with Crippen LogP contribution in [0.1, 0.15) is 60.1 Å². The molecule has 3 N–H and O–H groups in total. The number of benzene rings is 1. The lowest BCUT2D eigenvalue weighted by molar-refractivity contribution is 0.248. The van der Waals surface area contributed by atoms with Gasteiger partial charge < -0.3 is 10.7 Å². The first-order valence-electron chi connectivity index (χ1n) is 13.5. The number of aromatic amines is 1. The fraction of sp³-hybridized carbons (Fsp3) is 0.273. The van der Waals surface area contributed by atoms with Gasteiger partial charge in [0.25, 0.3) is 0 Å². The first kappa shape index (κ1) is 28.0. The summed E-state index contributed by atoms with van der Waals surface area (Å²) in [6, 6.07) is 8.58. The Balaban J connectivity index is 1.59. The second kappa shape index (κ2) is 13.2. The number of aromatic nitrogens is 3. The minimum atomic E-state index is -0.295. The van der Waals surface area contributed by atoms with Crippen LogP contribution in [0.5, 0.6) is 0 Å². The molecule has 5 nitrogen and oxygen atoms in total. The molecule has 1 saturated heterocycles. The molecule has 0 atom stereocenters. The van der Waals surface area contributed by atoms with Crippen LogP contribution < -0.4 is 5.73 Å². The molecule has 1 aliphatic rings. The van der Waals surface area contributed by atoms with E-state index >= 15 is 0 Å². The number of aryl methyl sites for hydroxylation is 1. The number of imidazole rings is 1. The number of likely N-dealkylation sites (tertiary alicyclic amines) is 1. The van der Waals surface area contributed by atoms with E-state index in [4.69, 9.17) is 10.7 Å². The standard InChI is InChI=1S/C33H38FN5/c1-5-12-30(26-13-11-14-29(34)19-26)32-23(4)37-31(38-32)20-27-18-28(21-36-33(27)35)25(7-3)17-24(6-2)22-39-15-9-8-10-16-39/h5-7,11-14,17-19,21H,1-2,8-10,15-16,20,22H2,3-4H3,(H2,35,36)(H,37,38)/b24-17+,25-7+,30-12-. The molecule has 0 spiro atoms. The topological polar surface area (TPSA) is 70.8 Å². The third-order valence-corrected chi connectivity index (χ3v) is 7.07. The van der Waals surface area contributed by atoms with E-state index in [1.54, 1.807) is 12.1 Å². The van der Waals surface area contributed by atoms with Crippen LogP contribution in [0.25, 0.3) is 11.1 Å². The lowest BCUT2D eigenvalue weighted by atomic mass is 10.0. The molecule has 0 amide bonds. The van der Waals surface area contributed by atoms with E-state index in [-0.39, 0.29) is 5.82 Å². The number of H-pyrrole nitrogens is 1. The van der Waals surface area contributed by atoms with Gasteiger partial charge in [0.1, 0.15) is 17.5 Å². The number of nitrogens with two attached hydrogens (primary N) is 1. The summed E-state index contributed by atoms with van der Waals surface area (Å²) in [5, 5.41) is 0. The lowest BCUT2D eigenvalue weighted by Gasteiger charge is -2.26. The Labute approximate surface area is 231 Å². The normalized spacial score (nSPS) is 15.4. The average molecular weight is 524 g/mol. The van der Waals surface area contributed by atoms with Crippen LogP contribution in [0, 0.1) is 12.7 Å². The Bertz CT molecular complexity index is 1420. The maximum atomic E-state index is 14.0. The van der Waals surface area contributed by atoms with Gasteiger partial charge in [-0.05, 0) is 74.7 Å². The van der Waals surface area contributed by atoms with Crippen molar-refractivity contribution < 1.29 is 4.39 Å². The quantitative estimate of drug-likeness (QED) is 0.280. The zero-order valence-corrected chi connectivity index (χ0v) is 23.0. The molecule has 3 aromatic rings. The SMILES string of the molecule is C=C/C=C(/c1cccc(F)c1)c1nc(Cc2cc(C(/C=C(\C=C)CN3CCCCC3)=C/C)cnc2N)[nH]c1C. The molecular weight excluding hydrogens is 485 g/mol. The number of piperidine rings is 1. The molecule has 2 aromatic heterocycles. The summed E-state index contributed by atoms with van der Waals surface area (Å²) in [7, 11) is 0. The van der Waals surface area contributed by atoms with Crippen molar-refractivity contribution in [2.45, 2.75) is 39.5 Å². The molecule has 4 rings (SSSR count). The maximum absolute atomic E-state index is 14.0. The van der Waals surface area contributed by atoms with Crippen LogP contribution in [-0.2, 0) is 6.42 Å². The van der Waals surface area contributed by atoms with Crippen LogP contribution in [0.3, 0.4) is 0 Å². The molecule has 1 fully saturated rings. The minimum Gasteiger partial charge on any atom is -0.383 e. The van der Waals surface area contributed by atoms with Crippen molar-refractivity contribution in [3.8, 4) is 0 Å². The maximum Gasteiger partial charge on any atom is 0.127 e. The fourth-order valence-corrected chi connectivity index (χ4v) is 5.03. The minimum absolute atomic E-state index is 0.295. The van der Waals surface area contributed by atoms with Gasteiger partial charge in [-0.15, -0.1) is 0 Å². The van der Waals surface area contributed by atoms with Gasteiger partial charge in [-0.3, -0.25) is 4.90 Å². The van der Waals surface area contributed by atoms with Gasteiger partial charge >= 0.3 is 0 Å². The second-order valence-electron chi connectivity index (χ2n) is 9.93. The Morgan fingerprint density at radius 1 is 1.15 bits per heavy atom. The van der Waals surface area contributed by atoms with E-state index in [1.165, 1.54) is 37.0 Å². The van der Waals surface area contributed by atoms with Crippen LogP contribution in [0.15, 0.2) is 85.6 Å². The summed E-state index contributed by atoms with van der Waals surface area (Å²) in [6.45, 7) is 15.1. The van der Waals surface area contributed by atoms with Crippen molar-refractivity contribution in [2.75, 3.05) is 25.4 Å². The molecule has 1 aliphatic heterocycles. The summed E-state index contributed by atoms with van der Waals surface area (Å²) in [5.74, 6) is 0.933. The molecule has 1 aromatic carbocycles. The third-order valence-electron chi connectivity index (χ3n) is 7.07. The average Bonchev–Trinajstić information content (AvgIpc) is 3.30. The number of nitrogen functional groups attached to an aromatic ring is 1. The number of pyridine rings is 1. The molecule has 0 radical (unpaired) electrons. The Hall–Kier alpha value is -4.03. The molecule has 6 heteroatoms. The molecule has 0 aliphatic carbocycles. The number of anilines is 1. The first-order chi connectivity index (χ1) is 18.9. The van der Waals surface area contributed by atoms with Crippen LogP contribution in [0.4, 0.5) is 10.2 Å². The Morgan fingerprint density at radius 3 is 2.64 bits per heavy atom. The Morgan fingerprint density at radius 2 is 1.95 bits per heavy atom. The molecular formula is C33H38FN5. The van der Waals surface area contributed by atoms with Crippen LogP contribution >= 0.6 is 0 Å². The predicted molar refractivity (Wildman–Crippen MR) is 161 cm³/mol. The smallest absolute Gasteiger partial charge is 0.127 e. The lowest BCUT2D eigenvalue weighted by Crippen LogP contribution is -2.31. The molecule has 202 valence electrons. The summed E-state index contributed by atoms with van der Waals surface area (Å²) in [6.07, 6.45) is 15.9. The number of nitrogens with one attached hydrogen (secondary N) is 1. The monoisotopic (exact) mass is 523 g/mol. The summed E-state index contributed by atoms with van der Waals surface area (Å²) >= 11 is 0. The number of hydrogen-bond acceptors (Lipinski definition) is 4.